The van der Waals surface area contributed by atoms with Crippen molar-refractivity contribution in [1.29, 1.82) is 0 Å². The van der Waals surface area contributed by atoms with Crippen LogP contribution in [0.15, 0.2) is 18.2 Å². The molecule has 3 nitrogen and oxygen atoms in total. The second-order valence-electron chi connectivity index (χ2n) is 4.11. The zero-order valence-corrected chi connectivity index (χ0v) is 11.5. The first kappa shape index (κ1) is 14.3. The number of likely N-dealkylation sites (N-methyl/N-ethyl adjacent to an activating group) is 2. The Morgan fingerprint density at radius 2 is 2.12 bits per heavy atom. The SMILES string of the molecule is CNCCN(C)CCc1ccc(OC)cc1Cl. The van der Waals surface area contributed by atoms with E-state index < -0.39 is 0 Å². The van der Waals surface area contributed by atoms with E-state index in [1.165, 1.54) is 5.56 Å². The van der Waals surface area contributed by atoms with Crippen LogP contribution < -0.4 is 10.1 Å². The molecule has 1 rings (SSSR count). The fraction of sp³-hybridized carbons (Fsp3) is 0.538. The predicted octanol–water partition coefficient (Wildman–Crippen LogP) is 2.04. The maximum atomic E-state index is 6.19. The molecule has 0 aliphatic heterocycles. The molecule has 0 radical (unpaired) electrons. The van der Waals surface area contributed by atoms with Gasteiger partial charge in [0, 0.05) is 24.7 Å². The molecular formula is C13H21ClN2O. The summed E-state index contributed by atoms with van der Waals surface area (Å²) in [6.45, 7) is 3.06. The van der Waals surface area contributed by atoms with Gasteiger partial charge in [0.15, 0.2) is 0 Å². The van der Waals surface area contributed by atoms with Crippen molar-refractivity contribution < 1.29 is 4.74 Å². The molecule has 0 bridgehead atoms. The number of nitrogens with zero attached hydrogens (tertiary/aromatic N) is 1. The van der Waals surface area contributed by atoms with Crippen molar-refractivity contribution >= 4 is 11.6 Å². The van der Waals surface area contributed by atoms with Crippen LogP contribution in [0.25, 0.3) is 0 Å². The lowest BCUT2D eigenvalue weighted by molar-refractivity contribution is 0.339. The number of rotatable bonds is 7. The summed E-state index contributed by atoms with van der Waals surface area (Å²) in [6.07, 6.45) is 0.961. The molecule has 17 heavy (non-hydrogen) atoms. The van der Waals surface area contributed by atoms with Crippen LogP contribution in [0, 0.1) is 0 Å². The van der Waals surface area contributed by atoms with Crippen LogP contribution in [-0.4, -0.2) is 45.7 Å². The highest BCUT2D eigenvalue weighted by Crippen LogP contribution is 2.22. The highest BCUT2D eigenvalue weighted by molar-refractivity contribution is 6.31. The number of benzene rings is 1. The molecule has 0 aliphatic carbocycles. The van der Waals surface area contributed by atoms with Gasteiger partial charge in [-0.25, -0.2) is 0 Å². The van der Waals surface area contributed by atoms with E-state index in [0.717, 1.165) is 36.8 Å². The number of ether oxygens (including phenoxy) is 1. The van der Waals surface area contributed by atoms with E-state index in [1.807, 2.05) is 25.2 Å². The number of nitrogens with one attached hydrogen (secondary N) is 1. The van der Waals surface area contributed by atoms with Gasteiger partial charge in [0.2, 0.25) is 0 Å². The van der Waals surface area contributed by atoms with Crippen molar-refractivity contribution in [3.05, 3.63) is 28.8 Å². The number of hydrogen-bond donors (Lipinski definition) is 1. The van der Waals surface area contributed by atoms with E-state index in [9.17, 15) is 0 Å². The van der Waals surface area contributed by atoms with Crippen LogP contribution in [0.2, 0.25) is 5.02 Å². The minimum absolute atomic E-state index is 0.784. The summed E-state index contributed by atoms with van der Waals surface area (Å²) in [5.74, 6) is 0.808. The molecule has 0 amide bonds. The molecule has 0 unspecified atom stereocenters. The third kappa shape index (κ3) is 4.94. The zero-order valence-electron chi connectivity index (χ0n) is 10.8. The minimum Gasteiger partial charge on any atom is -0.497 e. The molecule has 0 aliphatic rings. The van der Waals surface area contributed by atoms with E-state index in [4.69, 9.17) is 16.3 Å². The van der Waals surface area contributed by atoms with Gasteiger partial charge in [-0.2, -0.15) is 0 Å². The number of halogens is 1. The average Bonchev–Trinajstić information content (AvgIpc) is 2.34. The van der Waals surface area contributed by atoms with Gasteiger partial charge < -0.3 is 15.0 Å². The molecule has 0 aromatic heterocycles. The summed E-state index contributed by atoms with van der Waals surface area (Å²) in [5.41, 5.74) is 1.17. The Morgan fingerprint density at radius 3 is 2.71 bits per heavy atom. The number of methoxy groups -OCH3 is 1. The van der Waals surface area contributed by atoms with Crippen LogP contribution in [0.4, 0.5) is 0 Å². The Hall–Kier alpha value is -0.770. The minimum atomic E-state index is 0.784. The first-order chi connectivity index (χ1) is 8.17. The second kappa shape index (κ2) is 7.54. The summed E-state index contributed by atoms with van der Waals surface area (Å²) in [5, 5.41) is 3.92. The van der Waals surface area contributed by atoms with Crippen LogP contribution in [-0.2, 0) is 6.42 Å². The monoisotopic (exact) mass is 256 g/mol. The summed E-state index contributed by atoms with van der Waals surface area (Å²) in [4.78, 5) is 2.29. The van der Waals surface area contributed by atoms with Gasteiger partial charge in [0.05, 0.1) is 7.11 Å². The van der Waals surface area contributed by atoms with Crippen LogP contribution in [0.5, 0.6) is 5.75 Å². The summed E-state index contributed by atoms with van der Waals surface area (Å²) in [7, 11) is 5.74. The van der Waals surface area contributed by atoms with E-state index in [-0.39, 0.29) is 0 Å². The van der Waals surface area contributed by atoms with Crippen LogP contribution >= 0.6 is 11.6 Å². The van der Waals surface area contributed by atoms with Gasteiger partial charge in [0.25, 0.3) is 0 Å². The van der Waals surface area contributed by atoms with E-state index >= 15 is 0 Å². The van der Waals surface area contributed by atoms with Gasteiger partial charge in [-0.15, -0.1) is 0 Å². The van der Waals surface area contributed by atoms with Crippen molar-refractivity contribution in [2.24, 2.45) is 0 Å². The highest BCUT2D eigenvalue weighted by Gasteiger charge is 2.04. The fourth-order valence-corrected chi connectivity index (χ4v) is 1.85. The van der Waals surface area contributed by atoms with E-state index in [0.29, 0.717) is 0 Å². The third-order valence-corrected chi connectivity index (χ3v) is 3.12. The lowest BCUT2D eigenvalue weighted by atomic mass is 10.1. The van der Waals surface area contributed by atoms with Crippen molar-refractivity contribution in [2.75, 3.05) is 40.8 Å². The molecule has 0 saturated carbocycles. The Bertz CT molecular complexity index is 344. The molecule has 0 atom stereocenters. The Kier molecular flexibility index (Phi) is 6.34. The first-order valence-electron chi connectivity index (χ1n) is 5.83. The summed E-state index contributed by atoms with van der Waals surface area (Å²) < 4.78 is 5.13. The quantitative estimate of drug-likeness (QED) is 0.808. The van der Waals surface area contributed by atoms with Crippen molar-refractivity contribution in [3.8, 4) is 5.75 Å². The maximum absolute atomic E-state index is 6.19. The third-order valence-electron chi connectivity index (χ3n) is 2.77. The number of hydrogen-bond acceptors (Lipinski definition) is 3. The van der Waals surface area contributed by atoms with Crippen LogP contribution in [0.3, 0.4) is 0 Å². The lowest BCUT2D eigenvalue weighted by Gasteiger charge is -2.16. The molecule has 4 heteroatoms. The normalized spacial score (nSPS) is 10.9. The lowest BCUT2D eigenvalue weighted by Crippen LogP contribution is -2.29. The molecule has 96 valence electrons. The summed E-state index contributed by atoms with van der Waals surface area (Å²) >= 11 is 6.19. The fourth-order valence-electron chi connectivity index (χ4n) is 1.58. The molecule has 0 heterocycles. The maximum Gasteiger partial charge on any atom is 0.120 e. The highest BCUT2D eigenvalue weighted by atomic mass is 35.5. The standard InChI is InChI=1S/C13H21ClN2O/c1-15-7-9-16(2)8-6-11-4-5-12(17-3)10-13(11)14/h4-5,10,15H,6-9H2,1-3H3. The van der Waals surface area contributed by atoms with Gasteiger partial charge in [0.1, 0.15) is 5.75 Å². The van der Waals surface area contributed by atoms with E-state index in [2.05, 4.69) is 17.3 Å². The van der Waals surface area contributed by atoms with Crippen molar-refractivity contribution in [1.82, 2.24) is 10.2 Å². The molecule has 0 spiro atoms. The van der Waals surface area contributed by atoms with Crippen molar-refractivity contribution in [3.63, 3.8) is 0 Å². The van der Waals surface area contributed by atoms with Crippen molar-refractivity contribution in [2.45, 2.75) is 6.42 Å². The Morgan fingerprint density at radius 1 is 1.35 bits per heavy atom. The molecule has 1 aromatic rings. The first-order valence-corrected chi connectivity index (χ1v) is 6.20. The van der Waals surface area contributed by atoms with Gasteiger partial charge in [-0.1, -0.05) is 17.7 Å². The van der Waals surface area contributed by atoms with Gasteiger partial charge >= 0.3 is 0 Å². The van der Waals surface area contributed by atoms with Gasteiger partial charge in [-0.3, -0.25) is 0 Å². The average molecular weight is 257 g/mol. The molecule has 1 aromatic carbocycles. The van der Waals surface area contributed by atoms with E-state index in [1.54, 1.807) is 7.11 Å². The second-order valence-corrected chi connectivity index (χ2v) is 4.52. The smallest absolute Gasteiger partial charge is 0.120 e. The predicted molar refractivity (Wildman–Crippen MR) is 73.1 cm³/mol. The Labute approximate surface area is 109 Å². The van der Waals surface area contributed by atoms with Gasteiger partial charge in [-0.05, 0) is 38.2 Å². The molecule has 0 fully saturated rings. The Balaban J connectivity index is 2.46. The largest absolute Gasteiger partial charge is 0.497 e. The van der Waals surface area contributed by atoms with Crippen LogP contribution in [0.1, 0.15) is 5.56 Å². The molecule has 1 N–H and O–H groups in total. The topological polar surface area (TPSA) is 24.5 Å². The molecular weight excluding hydrogens is 236 g/mol. The summed E-state index contributed by atoms with van der Waals surface area (Å²) in [6, 6.07) is 5.85. The molecule has 0 saturated heterocycles. The zero-order chi connectivity index (χ0) is 12.7.